The van der Waals surface area contributed by atoms with Crippen molar-refractivity contribution in [1.29, 1.82) is 5.26 Å². The molecule has 156 valence electrons. The van der Waals surface area contributed by atoms with Crippen molar-refractivity contribution >= 4 is 33.8 Å². The number of nitrogens with zero attached hydrogens (tertiary/aromatic N) is 3. The van der Waals surface area contributed by atoms with Gasteiger partial charge in [-0.2, -0.15) is 9.65 Å². The fourth-order valence-electron chi connectivity index (χ4n) is 2.85. The standard InChI is InChI=1S/C21H15F3N6O/c22-20(23)21(24)31-19-4-3-14(11-27-19)28-15-7-16(10-25)30-18(9-15)29-13-2-1-12-5-6-26-17(12)8-13/h1-9,11,20-21,26H,(H2,28,29,30). The Kier molecular flexibility index (Phi) is 5.57. The summed E-state index contributed by atoms with van der Waals surface area (Å²) in [7, 11) is 0. The molecule has 0 radical (unpaired) electrons. The van der Waals surface area contributed by atoms with Crippen molar-refractivity contribution in [3.8, 4) is 11.9 Å². The average molecular weight is 424 g/mol. The van der Waals surface area contributed by atoms with Crippen molar-refractivity contribution in [1.82, 2.24) is 15.0 Å². The molecule has 0 aliphatic rings. The van der Waals surface area contributed by atoms with Crippen molar-refractivity contribution in [2.24, 2.45) is 0 Å². The van der Waals surface area contributed by atoms with Gasteiger partial charge >= 0.3 is 6.43 Å². The van der Waals surface area contributed by atoms with Gasteiger partial charge < -0.3 is 20.4 Å². The minimum absolute atomic E-state index is 0.179. The van der Waals surface area contributed by atoms with Gasteiger partial charge in [-0.25, -0.2) is 18.7 Å². The van der Waals surface area contributed by atoms with Crippen LogP contribution in [0.1, 0.15) is 5.69 Å². The number of aromatic nitrogens is 3. The lowest BCUT2D eigenvalue weighted by Crippen LogP contribution is -2.19. The fourth-order valence-corrected chi connectivity index (χ4v) is 2.85. The van der Waals surface area contributed by atoms with Crippen LogP contribution in [-0.2, 0) is 0 Å². The number of anilines is 4. The Morgan fingerprint density at radius 1 is 0.968 bits per heavy atom. The number of benzene rings is 1. The predicted molar refractivity (Wildman–Crippen MR) is 110 cm³/mol. The Bertz CT molecular complexity index is 1240. The summed E-state index contributed by atoms with van der Waals surface area (Å²) in [5.74, 6) is 0.172. The maximum atomic E-state index is 13.0. The summed E-state index contributed by atoms with van der Waals surface area (Å²) in [6.07, 6.45) is -2.86. The first-order chi connectivity index (χ1) is 15.0. The first-order valence-electron chi connectivity index (χ1n) is 9.08. The predicted octanol–water partition coefficient (Wildman–Crippen LogP) is 5.26. The third-order valence-electron chi connectivity index (χ3n) is 4.22. The molecule has 3 aromatic heterocycles. The molecule has 1 aromatic carbocycles. The van der Waals surface area contributed by atoms with Gasteiger partial charge in [0.05, 0.1) is 11.9 Å². The van der Waals surface area contributed by atoms with E-state index in [1.165, 1.54) is 24.4 Å². The largest absolute Gasteiger partial charge is 0.437 e. The van der Waals surface area contributed by atoms with Gasteiger partial charge in [0.2, 0.25) is 5.88 Å². The van der Waals surface area contributed by atoms with E-state index >= 15 is 0 Å². The second-order valence-electron chi connectivity index (χ2n) is 6.46. The number of halogens is 3. The summed E-state index contributed by atoms with van der Waals surface area (Å²) in [5.41, 5.74) is 2.94. The highest BCUT2D eigenvalue weighted by Crippen LogP contribution is 2.25. The molecule has 3 heterocycles. The van der Waals surface area contributed by atoms with Gasteiger partial charge in [-0.05, 0) is 35.7 Å². The Hall–Kier alpha value is -4.26. The molecule has 0 spiro atoms. The molecular formula is C21H15F3N6O. The molecule has 31 heavy (non-hydrogen) atoms. The van der Waals surface area contributed by atoms with Gasteiger partial charge in [0.1, 0.15) is 17.6 Å². The highest BCUT2D eigenvalue weighted by molar-refractivity contribution is 5.83. The van der Waals surface area contributed by atoms with E-state index < -0.39 is 12.8 Å². The van der Waals surface area contributed by atoms with E-state index in [2.05, 4.69) is 30.3 Å². The zero-order valence-corrected chi connectivity index (χ0v) is 15.8. The van der Waals surface area contributed by atoms with Crippen LogP contribution in [0, 0.1) is 11.3 Å². The molecule has 3 N–H and O–H groups in total. The van der Waals surface area contributed by atoms with E-state index in [0.29, 0.717) is 17.2 Å². The van der Waals surface area contributed by atoms with Crippen LogP contribution in [0.5, 0.6) is 5.88 Å². The summed E-state index contributed by atoms with van der Waals surface area (Å²) in [5, 5.41) is 16.6. The van der Waals surface area contributed by atoms with Crippen molar-refractivity contribution in [3.63, 3.8) is 0 Å². The van der Waals surface area contributed by atoms with Crippen LogP contribution in [0.15, 0.2) is 60.9 Å². The lowest BCUT2D eigenvalue weighted by Gasteiger charge is -2.12. The average Bonchev–Trinajstić information content (AvgIpc) is 3.22. The lowest BCUT2D eigenvalue weighted by molar-refractivity contribution is -0.0690. The molecule has 4 rings (SSSR count). The number of nitriles is 1. The summed E-state index contributed by atoms with van der Waals surface area (Å²) in [4.78, 5) is 11.2. The molecule has 10 heteroatoms. The van der Waals surface area contributed by atoms with Gasteiger partial charge in [-0.1, -0.05) is 6.07 Å². The Balaban J connectivity index is 1.51. The van der Waals surface area contributed by atoms with Gasteiger partial charge in [0.25, 0.3) is 6.36 Å². The zero-order valence-electron chi connectivity index (χ0n) is 15.8. The summed E-state index contributed by atoms with van der Waals surface area (Å²) in [6, 6.07) is 15.7. The number of aromatic amines is 1. The molecule has 4 aromatic rings. The maximum absolute atomic E-state index is 13.0. The van der Waals surface area contributed by atoms with Crippen molar-refractivity contribution in [2.75, 3.05) is 10.6 Å². The minimum atomic E-state index is -3.26. The van der Waals surface area contributed by atoms with Gasteiger partial charge in [0.15, 0.2) is 0 Å². The van der Waals surface area contributed by atoms with Gasteiger partial charge in [-0.3, -0.25) is 0 Å². The molecule has 0 saturated carbocycles. The number of rotatable bonds is 7. The topological polar surface area (TPSA) is 98.6 Å². The molecular weight excluding hydrogens is 409 g/mol. The molecule has 0 bridgehead atoms. The molecule has 0 amide bonds. The van der Waals surface area contributed by atoms with E-state index in [4.69, 9.17) is 0 Å². The number of fused-ring (bicyclic) bond motifs is 1. The third kappa shape index (κ3) is 4.84. The van der Waals surface area contributed by atoms with Crippen LogP contribution in [0.25, 0.3) is 10.9 Å². The first kappa shape index (κ1) is 20.0. The molecule has 0 aliphatic carbocycles. The normalized spacial score (nSPS) is 11.8. The molecule has 1 unspecified atom stereocenters. The number of alkyl halides is 3. The third-order valence-corrected chi connectivity index (χ3v) is 4.22. The van der Waals surface area contributed by atoms with E-state index in [9.17, 15) is 18.4 Å². The maximum Gasteiger partial charge on any atom is 0.304 e. The number of hydrogen-bond donors (Lipinski definition) is 3. The Morgan fingerprint density at radius 3 is 2.55 bits per heavy atom. The number of H-pyrrole nitrogens is 1. The van der Waals surface area contributed by atoms with Crippen LogP contribution in [0.4, 0.5) is 36.1 Å². The lowest BCUT2D eigenvalue weighted by atomic mass is 10.2. The summed E-state index contributed by atoms with van der Waals surface area (Å²) >= 11 is 0. The van der Waals surface area contributed by atoms with Crippen molar-refractivity contribution < 1.29 is 17.9 Å². The van der Waals surface area contributed by atoms with Gasteiger partial charge in [-0.15, -0.1) is 0 Å². The highest BCUT2D eigenvalue weighted by Gasteiger charge is 2.21. The van der Waals surface area contributed by atoms with Crippen LogP contribution >= 0.6 is 0 Å². The van der Waals surface area contributed by atoms with Crippen LogP contribution in [0.2, 0.25) is 0 Å². The summed E-state index contributed by atoms with van der Waals surface area (Å²) < 4.78 is 41.8. The van der Waals surface area contributed by atoms with Crippen molar-refractivity contribution in [2.45, 2.75) is 12.8 Å². The second-order valence-corrected chi connectivity index (χ2v) is 6.46. The van der Waals surface area contributed by atoms with E-state index in [0.717, 1.165) is 16.6 Å². The number of hydrogen-bond acceptors (Lipinski definition) is 6. The number of pyridine rings is 2. The monoisotopic (exact) mass is 424 g/mol. The summed E-state index contributed by atoms with van der Waals surface area (Å²) in [6.45, 7) is 0. The molecule has 0 fully saturated rings. The highest BCUT2D eigenvalue weighted by atomic mass is 19.3. The molecule has 1 atom stereocenters. The van der Waals surface area contributed by atoms with Crippen LogP contribution < -0.4 is 15.4 Å². The molecule has 0 aliphatic heterocycles. The first-order valence-corrected chi connectivity index (χ1v) is 9.08. The Morgan fingerprint density at radius 2 is 1.81 bits per heavy atom. The van der Waals surface area contributed by atoms with E-state index in [1.54, 1.807) is 6.07 Å². The van der Waals surface area contributed by atoms with Crippen LogP contribution in [0.3, 0.4) is 0 Å². The SMILES string of the molecule is N#Cc1cc(Nc2ccc(OC(F)C(F)F)nc2)cc(Nc2ccc3cc[nH]c3c2)n1. The van der Waals surface area contributed by atoms with E-state index in [-0.39, 0.29) is 11.6 Å². The zero-order chi connectivity index (χ0) is 21.8. The Labute approximate surface area is 174 Å². The van der Waals surface area contributed by atoms with Gasteiger partial charge in [0, 0.05) is 35.2 Å². The molecule has 7 nitrogen and oxygen atoms in total. The molecule has 0 saturated heterocycles. The van der Waals surface area contributed by atoms with E-state index in [1.807, 2.05) is 36.5 Å². The smallest absolute Gasteiger partial charge is 0.304 e. The fraction of sp³-hybridized carbons (Fsp3) is 0.0952. The number of nitrogens with one attached hydrogen (secondary N) is 3. The number of ether oxygens (including phenoxy) is 1. The quantitative estimate of drug-likeness (QED) is 0.375. The van der Waals surface area contributed by atoms with Crippen molar-refractivity contribution in [3.05, 3.63) is 66.6 Å². The second kappa shape index (κ2) is 8.62. The van der Waals surface area contributed by atoms with Crippen LogP contribution in [-0.4, -0.2) is 27.7 Å². The minimum Gasteiger partial charge on any atom is -0.437 e.